The molecule has 0 amide bonds. The lowest BCUT2D eigenvalue weighted by molar-refractivity contribution is 0.438. The summed E-state index contributed by atoms with van der Waals surface area (Å²) < 4.78 is 5.67. The van der Waals surface area contributed by atoms with Gasteiger partial charge in [0.25, 0.3) is 0 Å². The Morgan fingerprint density at radius 2 is 1.84 bits per heavy atom. The molecule has 0 saturated carbocycles. The molecule has 0 aliphatic carbocycles. The average Bonchev–Trinajstić information content (AvgIpc) is 2.34. The molecule has 0 aliphatic heterocycles. The van der Waals surface area contributed by atoms with Crippen molar-refractivity contribution in [2.75, 3.05) is 5.73 Å². The molecule has 19 heavy (non-hydrogen) atoms. The molecule has 0 unspecified atom stereocenters. The molecule has 0 aliphatic rings. The first-order chi connectivity index (χ1) is 8.97. The molecular weight excluding hydrogens is 262 g/mol. The SMILES string of the molecule is Cc1cc(Cl)c(C(C)C)cc1Oc1ncc(N)cn1. The number of hydrogen-bond donors (Lipinski definition) is 1. The summed E-state index contributed by atoms with van der Waals surface area (Å²) in [5, 5.41) is 0.748. The second-order valence-corrected chi connectivity index (χ2v) is 5.10. The van der Waals surface area contributed by atoms with E-state index >= 15 is 0 Å². The predicted molar refractivity (Wildman–Crippen MR) is 76.8 cm³/mol. The van der Waals surface area contributed by atoms with Crippen LogP contribution in [0.3, 0.4) is 0 Å². The molecule has 0 spiro atoms. The highest BCUT2D eigenvalue weighted by Crippen LogP contribution is 2.32. The second kappa shape index (κ2) is 5.45. The highest BCUT2D eigenvalue weighted by atomic mass is 35.5. The molecule has 0 saturated heterocycles. The quantitative estimate of drug-likeness (QED) is 0.923. The van der Waals surface area contributed by atoms with Crippen molar-refractivity contribution >= 4 is 17.3 Å². The van der Waals surface area contributed by atoms with Gasteiger partial charge in [-0.2, -0.15) is 0 Å². The van der Waals surface area contributed by atoms with Gasteiger partial charge in [-0.3, -0.25) is 0 Å². The molecule has 5 heteroatoms. The average molecular weight is 278 g/mol. The standard InChI is InChI=1S/C14H16ClN3O/c1-8(2)11-5-13(9(3)4-12(11)15)19-14-17-6-10(16)7-18-14/h4-8H,16H2,1-3H3. The summed E-state index contributed by atoms with van der Waals surface area (Å²) >= 11 is 6.22. The highest BCUT2D eigenvalue weighted by Gasteiger charge is 2.11. The maximum absolute atomic E-state index is 6.22. The molecule has 2 N–H and O–H groups in total. The van der Waals surface area contributed by atoms with E-state index in [0.717, 1.165) is 16.1 Å². The summed E-state index contributed by atoms with van der Waals surface area (Å²) in [5.41, 5.74) is 8.02. The molecule has 2 rings (SSSR count). The summed E-state index contributed by atoms with van der Waals surface area (Å²) in [7, 11) is 0. The maximum Gasteiger partial charge on any atom is 0.322 e. The van der Waals surface area contributed by atoms with Crippen molar-refractivity contribution in [1.82, 2.24) is 9.97 Å². The molecule has 2 aromatic rings. The molecule has 100 valence electrons. The van der Waals surface area contributed by atoms with Gasteiger partial charge >= 0.3 is 6.01 Å². The van der Waals surface area contributed by atoms with Crippen molar-refractivity contribution in [2.45, 2.75) is 26.7 Å². The number of anilines is 1. The van der Waals surface area contributed by atoms with Crippen molar-refractivity contribution in [3.8, 4) is 11.8 Å². The number of aromatic nitrogens is 2. The number of benzene rings is 1. The van der Waals surface area contributed by atoms with Gasteiger partial charge in [0.05, 0.1) is 18.1 Å². The lowest BCUT2D eigenvalue weighted by atomic mass is 10.0. The number of halogens is 1. The largest absolute Gasteiger partial charge is 0.424 e. The number of hydrogen-bond acceptors (Lipinski definition) is 4. The Kier molecular flexibility index (Phi) is 3.90. The van der Waals surface area contributed by atoms with E-state index < -0.39 is 0 Å². The summed E-state index contributed by atoms with van der Waals surface area (Å²) in [6, 6.07) is 4.10. The number of nitrogens with zero attached hydrogens (tertiary/aromatic N) is 2. The third-order valence-corrected chi connectivity index (χ3v) is 3.09. The molecule has 0 bridgehead atoms. The third kappa shape index (κ3) is 3.15. The van der Waals surface area contributed by atoms with Crippen molar-refractivity contribution < 1.29 is 4.74 Å². The molecule has 0 radical (unpaired) electrons. The van der Waals surface area contributed by atoms with E-state index in [1.165, 1.54) is 12.4 Å². The molecular formula is C14H16ClN3O. The van der Waals surface area contributed by atoms with Crippen molar-refractivity contribution in [2.24, 2.45) is 0 Å². The van der Waals surface area contributed by atoms with Gasteiger partial charge in [0, 0.05) is 5.02 Å². The van der Waals surface area contributed by atoms with E-state index in [4.69, 9.17) is 22.1 Å². The predicted octanol–water partition coefficient (Wildman–Crippen LogP) is 3.94. The smallest absolute Gasteiger partial charge is 0.322 e. The van der Waals surface area contributed by atoms with Gasteiger partial charge in [0.15, 0.2) is 0 Å². The van der Waals surface area contributed by atoms with E-state index in [2.05, 4.69) is 23.8 Å². The fourth-order valence-electron chi connectivity index (χ4n) is 1.70. The van der Waals surface area contributed by atoms with Crippen molar-refractivity contribution in [1.29, 1.82) is 0 Å². The molecule has 1 aromatic carbocycles. The fourth-order valence-corrected chi connectivity index (χ4v) is 2.13. The van der Waals surface area contributed by atoms with Crippen LogP contribution >= 0.6 is 11.6 Å². The zero-order valence-corrected chi connectivity index (χ0v) is 11.9. The van der Waals surface area contributed by atoms with Crippen molar-refractivity contribution in [3.63, 3.8) is 0 Å². The Bertz CT molecular complexity index is 582. The van der Waals surface area contributed by atoms with Gasteiger partial charge in [0.1, 0.15) is 5.75 Å². The van der Waals surface area contributed by atoms with Gasteiger partial charge in [-0.25, -0.2) is 9.97 Å². The highest BCUT2D eigenvalue weighted by molar-refractivity contribution is 6.31. The van der Waals surface area contributed by atoms with Crippen LogP contribution in [0.5, 0.6) is 11.8 Å². The van der Waals surface area contributed by atoms with Crippen molar-refractivity contribution in [3.05, 3.63) is 40.7 Å². The summed E-state index contributed by atoms with van der Waals surface area (Å²) in [6.45, 7) is 6.10. The maximum atomic E-state index is 6.22. The Morgan fingerprint density at radius 3 is 2.42 bits per heavy atom. The third-order valence-electron chi connectivity index (χ3n) is 2.77. The first-order valence-corrected chi connectivity index (χ1v) is 6.40. The Labute approximate surface area is 117 Å². The zero-order chi connectivity index (χ0) is 14.0. The van der Waals surface area contributed by atoms with Crippen LogP contribution < -0.4 is 10.5 Å². The number of aryl methyl sites for hydroxylation is 1. The van der Waals surface area contributed by atoms with E-state index in [1.54, 1.807) is 0 Å². The second-order valence-electron chi connectivity index (χ2n) is 4.69. The minimum atomic E-state index is 0.273. The zero-order valence-electron chi connectivity index (χ0n) is 11.1. The van der Waals surface area contributed by atoms with E-state index in [9.17, 15) is 0 Å². The van der Waals surface area contributed by atoms with Gasteiger partial charge in [-0.15, -0.1) is 0 Å². The van der Waals surface area contributed by atoms with Gasteiger partial charge in [0.2, 0.25) is 0 Å². The van der Waals surface area contributed by atoms with E-state index in [1.807, 2.05) is 19.1 Å². The van der Waals surface area contributed by atoms with Crippen LogP contribution in [-0.2, 0) is 0 Å². The fraction of sp³-hybridized carbons (Fsp3) is 0.286. The molecule has 0 atom stereocenters. The summed E-state index contributed by atoms with van der Waals surface area (Å²) in [6.07, 6.45) is 3.02. The lowest BCUT2D eigenvalue weighted by Gasteiger charge is -2.13. The van der Waals surface area contributed by atoms with Gasteiger partial charge in [-0.05, 0) is 36.1 Å². The number of nitrogen functional groups attached to an aromatic ring is 1. The molecule has 0 fully saturated rings. The summed E-state index contributed by atoms with van der Waals surface area (Å²) in [5.74, 6) is 1.03. The number of rotatable bonds is 3. The van der Waals surface area contributed by atoms with Crippen LogP contribution in [-0.4, -0.2) is 9.97 Å². The van der Waals surface area contributed by atoms with Crippen LogP contribution in [0.4, 0.5) is 5.69 Å². The monoisotopic (exact) mass is 277 g/mol. The molecule has 4 nitrogen and oxygen atoms in total. The van der Waals surface area contributed by atoms with Crippen LogP contribution in [0.25, 0.3) is 0 Å². The van der Waals surface area contributed by atoms with E-state index in [0.29, 0.717) is 17.4 Å². The van der Waals surface area contributed by atoms with Crippen LogP contribution in [0.1, 0.15) is 30.9 Å². The van der Waals surface area contributed by atoms with Crippen LogP contribution in [0.2, 0.25) is 5.02 Å². The normalized spacial score (nSPS) is 10.8. The topological polar surface area (TPSA) is 61.0 Å². The Morgan fingerprint density at radius 1 is 1.21 bits per heavy atom. The first kappa shape index (κ1) is 13.6. The first-order valence-electron chi connectivity index (χ1n) is 6.02. The Hall–Kier alpha value is -1.81. The molecule has 1 aromatic heterocycles. The van der Waals surface area contributed by atoms with Gasteiger partial charge in [-0.1, -0.05) is 25.4 Å². The van der Waals surface area contributed by atoms with Gasteiger partial charge < -0.3 is 10.5 Å². The Balaban J connectivity index is 2.34. The summed E-state index contributed by atoms with van der Waals surface area (Å²) in [4.78, 5) is 8.04. The number of nitrogens with two attached hydrogens (primary N) is 1. The van der Waals surface area contributed by atoms with Crippen LogP contribution in [0, 0.1) is 6.92 Å². The molecule has 1 heterocycles. The lowest BCUT2D eigenvalue weighted by Crippen LogP contribution is -1.97. The number of ether oxygens (including phenoxy) is 1. The van der Waals surface area contributed by atoms with E-state index in [-0.39, 0.29) is 6.01 Å². The minimum absolute atomic E-state index is 0.273. The minimum Gasteiger partial charge on any atom is -0.424 e. The van der Waals surface area contributed by atoms with Crippen LogP contribution in [0.15, 0.2) is 24.5 Å².